The molecule has 6 aromatic rings. The molecule has 11 rings (SSSR count). The van der Waals surface area contributed by atoms with Gasteiger partial charge in [0.1, 0.15) is 40.7 Å². The number of hydrogen-bond acceptors (Lipinski definition) is 12. The molecule has 80 heavy (non-hydrogen) atoms. The van der Waals surface area contributed by atoms with Gasteiger partial charge in [0.25, 0.3) is 0 Å². The number of rotatable bonds is 9. The van der Waals surface area contributed by atoms with Gasteiger partial charge in [-0.25, -0.2) is 0 Å². The number of nitrogens with one attached hydrogen (secondary N) is 2. The summed E-state index contributed by atoms with van der Waals surface area (Å²) < 4.78 is 20.4. The number of aliphatic hydroxyl groups is 1. The highest BCUT2D eigenvalue weighted by atomic mass is 16.5. The standard InChI is InChI=1S/C66H72N4O10/c1-40-11-5-6-21-65(40)24-18-52(79-42(3)72)33-50(75)34-57(45-29-59(76)63(60(30-45)78-4)80-51-15-10-14-49(74)32-51)70-39-55-56(17-16-53-62(55)58(70)36-66(64(53)77)22-7-8-23-66)69(26-20-41(2)71)61-31-44(19-25-68-61)54(43-12-9-13-48(73)27-43)28-46-37-67-38-47(46)35-65/h5-6,9-17,19,21,27,29-32,37-40,52,54,57,64,67-68,73-74,76-77H,7-8,18,20,22-26,28,33-36H2,1-4H3/t40-,52+,54+,57-,64+,65-/m0/s1. The van der Waals surface area contributed by atoms with Crippen molar-refractivity contribution in [3.05, 3.63) is 173 Å². The van der Waals surface area contributed by atoms with Crippen molar-refractivity contribution in [2.45, 2.75) is 122 Å². The van der Waals surface area contributed by atoms with Gasteiger partial charge in [-0.05, 0) is 145 Å². The lowest BCUT2D eigenvalue weighted by Crippen LogP contribution is -2.36. The van der Waals surface area contributed by atoms with E-state index in [0.29, 0.717) is 50.8 Å². The van der Waals surface area contributed by atoms with E-state index in [-0.39, 0.29) is 77.2 Å². The summed E-state index contributed by atoms with van der Waals surface area (Å²) in [6.45, 7) is 6.01. The number of allylic oxidation sites excluding steroid dienone is 6. The molecule has 6 atom stereocenters. The number of phenolic OH excluding ortho intramolecular Hbond substituents is 3. The number of benzene rings is 4. The third-order valence-corrected chi connectivity index (χ3v) is 17.9. The second kappa shape index (κ2) is 22.3. The molecule has 2 spiro atoms. The van der Waals surface area contributed by atoms with Crippen molar-refractivity contribution < 1.29 is 49.0 Å². The van der Waals surface area contributed by atoms with Crippen LogP contribution in [0.1, 0.15) is 130 Å². The van der Waals surface area contributed by atoms with Gasteiger partial charge in [0.05, 0.1) is 24.9 Å². The van der Waals surface area contributed by atoms with E-state index in [1.165, 1.54) is 26.2 Å². The van der Waals surface area contributed by atoms with E-state index in [1.54, 1.807) is 37.3 Å². The maximum Gasteiger partial charge on any atom is 0.302 e. The predicted octanol–water partition coefficient (Wildman–Crippen LogP) is 12.2. The van der Waals surface area contributed by atoms with E-state index in [9.17, 15) is 30.0 Å². The third-order valence-electron chi connectivity index (χ3n) is 17.9. The summed E-state index contributed by atoms with van der Waals surface area (Å²) in [5.41, 5.74) is 6.47. The Kier molecular flexibility index (Phi) is 15.0. The highest BCUT2D eigenvalue weighted by molar-refractivity contribution is 6.00. The Morgan fingerprint density at radius 2 is 1.65 bits per heavy atom. The van der Waals surface area contributed by atoms with Crippen LogP contribution in [0.15, 0.2) is 139 Å². The molecule has 5 aliphatic rings. The molecule has 14 heteroatoms. The normalized spacial score (nSPS) is 23.7. The van der Waals surface area contributed by atoms with Crippen LogP contribution in [-0.2, 0) is 38.4 Å². The van der Waals surface area contributed by atoms with Gasteiger partial charge >= 0.3 is 5.97 Å². The first-order chi connectivity index (χ1) is 38.6. The molecule has 2 aromatic heterocycles. The lowest BCUT2D eigenvalue weighted by atomic mass is 9.66. The smallest absolute Gasteiger partial charge is 0.302 e. The van der Waals surface area contributed by atoms with Crippen LogP contribution in [0, 0.1) is 16.7 Å². The molecule has 2 aliphatic heterocycles. The average molecular weight is 1080 g/mol. The summed E-state index contributed by atoms with van der Waals surface area (Å²) >= 11 is 0. The Bertz CT molecular complexity index is 3480. The molecule has 4 aromatic carbocycles. The van der Waals surface area contributed by atoms with Gasteiger partial charge in [-0.3, -0.25) is 14.4 Å². The lowest BCUT2D eigenvalue weighted by molar-refractivity contribution is -0.148. The summed E-state index contributed by atoms with van der Waals surface area (Å²) in [6.07, 6.45) is 24.2. The zero-order chi connectivity index (χ0) is 55.9. The summed E-state index contributed by atoms with van der Waals surface area (Å²) in [4.78, 5) is 47.1. The summed E-state index contributed by atoms with van der Waals surface area (Å²) in [5, 5.41) is 51.4. The molecule has 0 unspecified atom stereocenters. The first-order valence-corrected chi connectivity index (χ1v) is 28.2. The van der Waals surface area contributed by atoms with E-state index in [1.807, 2.05) is 18.2 Å². The molecular weight excluding hydrogens is 1010 g/mol. The van der Waals surface area contributed by atoms with Crippen LogP contribution in [0.25, 0.3) is 10.8 Å². The minimum absolute atomic E-state index is 0.0177. The molecule has 0 amide bonds. The first-order valence-electron chi connectivity index (χ1n) is 28.2. The number of carbonyl (C=O) groups is 3. The zero-order valence-corrected chi connectivity index (χ0v) is 46.0. The van der Waals surface area contributed by atoms with E-state index in [0.717, 1.165) is 81.5 Å². The van der Waals surface area contributed by atoms with Gasteiger partial charge in [0, 0.05) is 91.7 Å². The highest BCUT2D eigenvalue weighted by Crippen LogP contribution is 2.57. The number of phenols is 3. The Labute approximate surface area is 467 Å². The molecule has 1 saturated carbocycles. The number of nitrogens with zero attached hydrogens (tertiary/aromatic N) is 2. The third kappa shape index (κ3) is 10.6. The molecule has 1 fully saturated rings. The Morgan fingerprint density at radius 3 is 2.40 bits per heavy atom. The molecule has 0 saturated heterocycles. The van der Waals surface area contributed by atoms with E-state index in [2.05, 4.69) is 93.9 Å². The Balaban J connectivity index is 1.13. The molecule has 4 heterocycles. The average Bonchev–Trinajstić information content (AvgIpc) is 3.18. The van der Waals surface area contributed by atoms with Gasteiger partial charge in [0.15, 0.2) is 11.5 Å². The van der Waals surface area contributed by atoms with Crippen molar-refractivity contribution in [3.8, 4) is 34.5 Å². The number of anilines is 1. The monoisotopic (exact) mass is 1080 g/mol. The van der Waals surface area contributed by atoms with Crippen molar-refractivity contribution in [2.24, 2.45) is 16.7 Å². The first kappa shape index (κ1) is 54.0. The van der Waals surface area contributed by atoms with Crippen LogP contribution in [0.2, 0.25) is 0 Å². The zero-order valence-electron chi connectivity index (χ0n) is 46.0. The number of aromatic amines is 1. The van der Waals surface area contributed by atoms with E-state index < -0.39 is 35.0 Å². The topological polar surface area (TPSA) is 196 Å². The minimum Gasteiger partial charge on any atom is -0.508 e. The Hall–Kier alpha value is -7.97. The number of esters is 1. The predicted molar refractivity (Wildman–Crippen MR) is 307 cm³/mol. The number of ketones is 2. The van der Waals surface area contributed by atoms with Crippen LogP contribution in [0.3, 0.4) is 0 Å². The number of dihydropyridines is 1. The molecule has 6 N–H and O–H groups in total. The molecule has 3 aliphatic carbocycles. The molecular formula is C66H72N4O10. The van der Waals surface area contributed by atoms with Gasteiger partial charge in [0.2, 0.25) is 5.75 Å². The van der Waals surface area contributed by atoms with Crippen molar-refractivity contribution >= 4 is 34.0 Å². The molecule has 14 nitrogen and oxygen atoms in total. The lowest BCUT2D eigenvalue weighted by Gasteiger charge is -2.40. The van der Waals surface area contributed by atoms with Crippen LogP contribution in [-0.4, -0.2) is 73.8 Å². The molecule has 0 radical (unpaired) electrons. The Morgan fingerprint density at radius 1 is 0.863 bits per heavy atom. The van der Waals surface area contributed by atoms with Gasteiger partial charge < -0.3 is 54.4 Å². The maximum atomic E-state index is 15.3. The van der Waals surface area contributed by atoms with Crippen LogP contribution < -0.4 is 19.7 Å². The number of Topliss-reactive ketones (excluding diaryl/α,β-unsaturated/α-hetero) is 2. The van der Waals surface area contributed by atoms with E-state index >= 15 is 4.79 Å². The number of aliphatic hydroxyl groups excluding tert-OH is 1. The van der Waals surface area contributed by atoms with Crippen LogP contribution in [0.4, 0.5) is 5.69 Å². The number of carbonyl (C=O) groups excluding carboxylic acids is 3. The maximum absolute atomic E-state index is 15.3. The van der Waals surface area contributed by atoms with Crippen LogP contribution in [0.5, 0.6) is 34.5 Å². The van der Waals surface area contributed by atoms with Crippen molar-refractivity contribution in [1.29, 1.82) is 0 Å². The summed E-state index contributed by atoms with van der Waals surface area (Å²) in [5.74, 6) is 0.469. The number of aromatic hydroxyl groups is 3. The van der Waals surface area contributed by atoms with Crippen molar-refractivity contribution in [3.63, 3.8) is 0 Å². The fraction of sp³-hybridized carbons (Fsp3) is 0.379. The molecule has 416 valence electrons. The summed E-state index contributed by atoms with van der Waals surface area (Å²) in [7, 11) is 1.48. The molecule has 4 bridgehead atoms. The van der Waals surface area contributed by atoms with E-state index in [4.69, 9.17) is 14.2 Å². The second-order valence-electron chi connectivity index (χ2n) is 23.0. The van der Waals surface area contributed by atoms with Gasteiger partial charge in [-0.1, -0.05) is 74.4 Å². The number of hydrogen-bond donors (Lipinski definition) is 6. The van der Waals surface area contributed by atoms with Gasteiger partial charge in [-0.2, -0.15) is 0 Å². The van der Waals surface area contributed by atoms with Crippen LogP contribution >= 0.6 is 0 Å². The van der Waals surface area contributed by atoms with Crippen molar-refractivity contribution in [1.82, 2.24) is 14.9 Å². The number of H-pyrrole nitrogens is 1. The number of methoxy groups -OCH3 is 1. The number of fused-ring (bicyclic) bond motifs is 4. The largest absolute Gasteiger partial charge is 0.508 e. The minimum atomic E-state index is -0.764. The highest BCUT2D eigenvalue weighted by Gasteiger charge is 2.47. The fourth-order valence-corrected chi connectivity index (χ4v) is 13.7. The SMILES string of the molecule is COc1cc([C@@H]2CC(=O)C[C@H](OC(C)=O)CC[C@@]3(C=CC=C[C@@H]3C)Cc3c[nH]cc3C[C@H](c3cccc(O)c3)C3=CCNC(=C3)N(CCC(C)=O)c3ccc4c5c(n2cc35)CC2(CCCC2)[C@@H]4O)cc(O)c1Oc1cccc(O)c1. The van der Waals surface area contributed by atoms with Gasteiger partial charge in [-0.15, -0.1) is 0 Å². The number of aromatic nitrogens is 2. The summed E-state index contributed by atoms with van der Waals surface area (Å²) in [6, 6.07) is 20.4. The van der Waals surface area contributed by atoms with Crippen molar-refractivity contribution in [2.75, 3.05) is 25.1 Å². The quantitative estimate of drug-likeness (QED) is 0.0751. The second-order valence-corrected chi connectivity index (χ2v) is 23.0. The number of ether oxygens (including phenoxy) is 3. The fourth-order valence-electron chi connectivity index (χ4n) is 13.7.